The van der Waals surface area contributed by atoms with Gasteiger partial charge in [-0.2, -0.15) is 0 Å². The molecule has 3 aromatic rings. The molecule has 6 nitrogen and oxygen atoms in total. The third-order valence-electron chi connectivity index (χ3n) is 5.40. The maximum Gasteiger partial charge on any atom is 0.227 e. The smallest absolute Gasteiger partial charge is 0.227 e. The molecule has 0 N–H and O–H groups in total. The molecule has 0 bridgehead atoms. The van der Waals surface area contributed by atoms with Crippen LogP contribution < -0.4 is 10.2 Å². The molecule has 0 unspecified atom stereocenters. The van der Waals surface area contributed by atoms with Crippen LogP contribution in [0, 0.1) is 0 Å². The fourth-order valence-corrected chi connectivity index (χ4v) is 4.63. The van der Waals surface area contributed by atoms with Gasteiger partial charge in [0, 0.05) is 19.2 Å². The quantitative estimate of drug-likeness (QED) is 0.555. The van der Waals surface area contributed by atoms with E-state index in [2.05, 4.69) is 17.0 Å². The molecule has 0 radical (unpaired) electrons. The molecule has 0 saturated carbocycles. The number of benzene rings is 2. The Kier molecular flexibility index (Phi) is 5.98. The van der Waals surface area contributed by atoms with Gasteiger partial charge >= 0.3 is 0 Å². The molecule has 2 aromatic carbocycles. The van der Waals surface area contributed by atoms with E-state index in [4.69, 9.17) is 9.15 Å². The maximum absolute atomic E-state index is 12.4. The molecule has 4 rings (SSSR count). The van der Waals surface area contributed by atoms with E-state index in [1.165, 1.54) is 23.5 Å². The predicted molar refractivity (Wildman–Crippen MR) is 117 cm³/mol. The Bertz CT molecular complexity index is 1200. The van der Waals surface area contributed by atoms with Crippen molar-refractivity contribution in [1.82, 2.24) is 4.90 Å². The lowest BCUT2D eigenvalue weighted by molar-refractivity contribution is 0.241. The molecule has 0 spiro atoms. The first kappa shape index (κ1) is 21.3. The number of nitrogens with zero attached hydrogens (tertiary/aromatic N) is 1. The van der Waals surface area contributed by atoms with E-state index in [9.17, 15) is 13.2 Å². The second kappa shape index (κ2) is 8.69. The largest absolute Gasteiger partial charge is 0.482 e. The summed E-state index contributed by atoms with van der Waals surface area (Å²) < 4.78 is 35.6. The number of hydrogen-bond acceptors (Lipinski definition) is 6. The van der Waals surface area contributed by atoms with Crippen LogP contribution in [0.1, 0.15) is 36.3 Å². The van der Waals surface area contributed by atoms with Gasteiger partial charge in [-0.25, -0.2) is 8.42 Å². The van der Waals surface area contributed by atoms with Crippen molar-refractivity contribution < 1.29 is 17.6 Å². The van der Waals surface area contributed by atoms with Gasteiger partial charge in [-0.3, -0.25) is 9.69 Å². The van der Waals surface area contributed by atoms with Crippen molar-refractivity contribution in [2.24, 2.45) is 0 Å². The van der Waals surface area contributed by atoms with Gasteiger partial charge in [0.1, 0.15) is 18.6 Å². The molecule has 1 aliphatic rings. The van der Waals surface area contributed by atoms with Crippen LogP contribution in [0.15, 0.2) is 75.0 Å². The number of fused-ring (bicyclic) bond motifs is 1. The van der Waals surface area contributed by atoms with Crippen molar-refractivity contribution in [3.63, 3.8) is 0 Å². The van der Waals surface area contributed by atoms with Crippen molar-refractivity contribution >= 4 is 9.84 Å². The molecule has 2 heterocycles. The molecule has 1 aromatic heterocycles. The van der Waals surface area contributed by atoms with Crippen LogP contribution in [0.25, 0.3) is 0 Å². The first-order chi connectivity index (χ1) is 14.8. The summed E-state index contributed by atoms with van der Waals surface area (Å²) in [7, 11) is -3.31. The Hall–Kier alpha value is -2.90. The van der Waals surface area contributed by atoms with Crippen molar-refractivity contribution in [2.75, 3.05) is 0 Å². The molecule has 0 saturated heterocycles. The van der Waals surface area contributed by atoms with Gasteiger partial charge in [0.2, 0.25) is 11.2 Å². The van der Waals surface area contributed by atoms with Gasteiger partial charge in [0.05, 0.1) is 16.7 Å². The average molecular weight is 440 g/mol. The fourth-order valence-electron chi connectivity index (χ4n) is 3.57. The molecule has 0 aliphatic carbocycles. The summed E-state index contributed by atoms with van der Waals surface area (Å²) in [4.78, 5) is 14.9. The number of ether oxygens (including phenoxy) is 1. The van der Waals surface area contributed by atoms with Gasteiger partial charge in [0.15, 0.2) is 9.84 Å². The van der Waals surface area contributed by atoms with Gasteiger partial charge < -0.3 is 9.15 Å². The first-order valence-corrected chi connectivity index (χ1v) is 11.7. The maximum atomic E-state index is 12.4. The third-order valence-corrected chi connectivity index (χ3v) is 7.58. The van der Waals surface area contributed by atoms with Gasteiger partial charge in [-0.15, -0.1) is 0 Å². The Morgan fingerprint density at radius 2 is 1.68 bits per heavy atom. The molecule has 0 amide bonds. The zero-order chi connectivity index (χ0) is 22.0. The minimum absolute atomic E-state index is 0.132. The number of sulfone groups is 1. The highest BCUT2D eigenvalue weighted by atomic mass is 32.2. The molecular formula is C24H25NO5S. The molecule has 7 heteroatoms. The Morgan fingerprint density at radius 1 is 1.03 bits per heavy atom. The third kappa shape index (κ3) is 4.73. The summed E-state index contributed by atoms with van der Waals surface area (Å²) in [6.45, 7) is 5.67. The van der Waals surface area contributed by atoms with Crippen LogP contribution in [-0.4, -0.2) is 18.6 Å². The van der Waals surface area contributed by atoms with Crippen LogP contribution in [-0.2, 0) is 36.1 Å². The van der Waals surface area contributed by atoms with Gasteiger partial charge in [-0.05, 0) is 42.7 Å². The average Bonchev–Trinajstić information content (AvgIpc) is 3.15. The zero-order valence-corrected chi connectivity index (χ0v) is 18.4. The monoisotopic (exact) mass is 439 g/mol. The molecule has 1 aliphatic heterocycles. The second-order valence-electron chi connectivity index (χ2n) is 8.02. The van der Waals surface area contributed by atoms with Crippen molar-refractivity contribution in [1.29, 1.82) is 0 Å². The zero-order valence-electron chi connectivity index (χ0n) is 17.6. The van der Waals surface area contributed by atoms with Crippen molar-refractivity contribution in [2.45, 2.75) is 50.2 Å². The standard InChI is InChI=1S/C24H25NO5S/c1-17(2)31(27,28)22-9-7-18(8-10-22)15-30-24-16-29-21(11-23(24)26)14-25-12-19-5-3-4-6-20(19)13-25/h3-11,16-17H,12-15H2,1-2H3. The lowest BCUT2D eigenvalue weighted by Crippen LogP contribution is -2.17. The topological polar surface area (TPSA) is 76.8 Å². The van der Waals surface area contributed by atoms with Crippen LogP contribution in [0.3, 0.4) is 0 Å². The summed E-state index contributed by atoms with van der Waals surface area (Å²) in [6.07, 6.45) is 1.35. The molecule has 162 valence electrons. The summed E-state index contributed by atoms with van der Waals surface area (Å²) in [6, 6.07) is 16.3. The van der Waals surface area contributed by atoms with Crippen molar-refractivity contribution in [3.8, 4) is 5.75 Å². The summed E-state index contributed by atoms with van der Waals surface area (Å²) in [5.41, 5.74) is 3.13. The SMILES string of the molecule is CC(C)S(=O)(=O)c1ccc(COc2coc(CN3Cc4ccccc4C3)cc2=O)cc1. The van der Waals surface area contributed by atoms with E-state index in [0.717, 1.165) is 18.7 Å². The van der Waals surface area contributed by atoms with Gasteiger partial charge in [-0.1, -0.05) is 36.4 Å². The van der Waals surface area contributed by atoms with Crippen LogP contribution >= 0.6 is 0 Å². The lowest BCUT2D eigenvalue weighted by Gasteiger charge is -2.14. The minimum Gasteiger partial charge on any atom is -0.482 e. The lowest BCUT2D eigenvalue weighted by atomic mass is 10.1. The van der Waals surface area contributed by atoms with E-state index in [1.807, 2.05) is 12.1 Å². The molecule has 0 fully saturated rings. The number of hydrogen-bond donors (Lipinski definition) is 0. The second-order valence-corrected chi connectivity index (χ2v) is 10.5. The van der Waals surface area contributed by atoms with Gasteiger partial charge in [0.25, 0.3) is 0 Å². The summed E-state index contributed by atoms with van der Waals surface area (Å²) in [5, 5.41) is -0.479. The summed E-state index contributed by atoms with van der Waals surface area (Å²) >= 11 is 0. The first-order valence-electron chi connectivity index (χ1n) is 10.2. The molecule has 31 heavy (non-hydrogen) atoms. The summed E-state index contributed by atoms with van der Waals surface area (Å²) in [5.74, 6) is 0.723. The molecule has 0 atom stereocenters. The highest BCUT2D eigenvalue weighted by Crippen LogP contribution is 2.24. The van der Waals surface area contributed by atoms with E-state index in [1.54, 1.807) is 38.1 Å². The van der Waals surface area contributed by atoms with E-state index >= 15 is 0 Å². The highest BCUT2D eigenvalue weighted by molar-refractivity contribution is 7.92. The van der Waals surface area contributed by atoms with E-state index in [-0.39, 0.29) is 22.7 Å². The minimum atomic E-state index is -3.31. The number of rotatable bonds is 7. The normalized spacial score (nSPS) is 14.0. The van der Waals surface area contributed by atoms with Crippen molar-refractivity contribution in [3.05, 3.63) is 93.5 Å². The van der Waals surface area contributed by atoms with Crippen LogP contribution in [0.2, 0.25) is 0 Å². The Labute approximate surface area is 182 Å². The predicted octanol–water partition coefficient (Wildman–Crippen LogP) is 3.92. The van der Waals surface area contributed by atoms with E-state index in [0.29, 0.717) is 12.3 Å². The van der Waals surface area contributed by atoms with Crippen LogP contribution in [0.5, 0.6) is 5.75 Å². The molecular weight excluding hydrogens is 414 g/mol. The Balaban J connectivity index is 1.37. The highest BCUT2D eigenvalue weighted by Gasteiger charge is 2.20. The Morgan fingerprint density at radius 3 is 2.26 bits per heavy atom. The fraction of sp³-hybridized carbons (Fsp3) is 0.292. The van der Waals surface area contributed by atoms with E-state index < -0.39 is 15.1 Å². The van der Waals surface area contributed by atoms with Crippen LogP contribution in [0.4, 0.5) is 0 Å².